The molecule has 9 heteroatoms. The van der Waals surface area contributed by atoms with Crippen LogP contribution in [0.2, 0.25) is 0 Å². The first kappa shape index (κ1) is 20.9. The van der Waals surface area contributed by atoms with E-state index >= 15 is 0 Å². The quantitative estimate of drug-likeness (QED) is 0.677. The molecule has 2 N–H and O–H groups in total. The Bertz CT molecular complexity index is 967. The van der Waals surface area contributed by atoms with Gasteiger partial charge in [0.25, 0.3) is 5.91 Å². The summed E-state index contributed by atoms with van der Waals surface area (Å²) in [5.74, 6) is -1.64. The van der Waals surface area contributed by atoms with Crippen LogP contribution >= 0.6 is 12.4 Å². The number of aromatic nitrogens is 2. The molecule has 0 radical (unpaired) electrons. The molecule has 29 heavy (non-hydrogen) atoms. The van der Waals surface area contributed by atoms with Crippen LogP contribution in [-0.4, -0.2) is 35.2 Å². The van der Waals surface area contributed by atoms with Crippen molar-refractivity contribution in [3.8, 4) is 11.4 Å². The van der Waals surface area contributed by atoms with Crippen LogP contribution in [0.3, 0.4) is 0 Å². The van der Waals surface area contributed by atoms with E-state index in [1.54, 1.807) is 30.3 Å². The van der Waals surface area contributed by atoms with Gasteiger partial charge in [-0.1, -0.05) is 23.4 Å². The lowest BCUT2D eigenvalue weighted by Crippen LogP contribution is -2.50. The molecule has 2 unspecified atom stereocenters. The van der Waals surface area contributed by atoms with E-state index in [1.807, 2.05) is 0 Å². The first-order valence-corrected chi connectivity index (χ1v) is 8.95. The number of carbonyl (C=O) groups excluding carboxylic acids is 1. The van der Waals surface area contributed by atoms with Gasteiger partial charge in [0.1, 0.15) is 0 Å². The highest BCUT2D eigenvalue weighted by molar-refractivity contribution is 5.94. The van der Waals surface area contributed by atoms with Crippen molar-refractivity contribution in [1.29, 1.82) is 0 Å². The van der Waals surface area contributed by atoms with Crippen LogP contribution in [0.25, 0.3) is 11.4 Å². The van der Waals surface area contributed by atoms with Crippen molar-refractivity contribution in [2.45, 2.75) is 18.4 Å². The summed E-state index contributed by atoms with van der Waals surface area (Å²) < 4.78 is 31.6. The number of halogens is 3. The molecule has 0 bridgehead atoms. The zero-order chi connectivity index (χ0) is 19.5. The zero-order valence-electron chi connectivity index (χ0n) is 15.3. The largest absolute Gasteiger partial charge is 0.347 e. The van der Waals surface area contributed by atoms with Gasteiger partial charge in [-0.2, -0.15) is 4.98 Å². The monoisotopic (exact) mass is 420 g/mol. The molecule has 2 atom stereocenters. The van der Waals surface area contributed by atoms with Gasteiger partial charge >= 0.3 is 0 Å². The maximum atomic E-state index is 13.6. The molecule has 1 aliphatic rings. The Labute approximate surface area is 172 Å². The maximum Gasteiger partial charge on any atom is 0.251 e. The van der Waals surface area contributed by atoms with E-state index in [9.17, 15) is 13.6 Å². The highest BCUT2D eigenvalue weighted by atomic mass is 35.5. The van der Waals surface area contributed by atoms with Crippen LogP contribution in [0.1, 0.15) is 28.3 Å². The van der Waals surface area contributed by atoms with Crippen molar-refractivity contribution in [2.75, 3.05) is 13.1 Å². The highest BCUT2D eigenvalue weighted by Crippen LogP contribution is 2.27. The summed E-state index contributed by atoms with van der Waals surface area (Å²) in [7, 11) is 0. The average Bonchev–Trinajstić information content (AvgIpc) is 3.25. The molecule has 3 aromatic rings. The van der Waals surface area contributed by atoms with E-state index in [2.05, 4.69) is 20.8 Å². The number of hydrogen-bond acceptors (Lipinski definition) is 5. The Morgan fingerprint density at radius 3 is 2.62 bits per heavy atom. The fourth-order valence-electron chi connectivity index (χ4n) is 3.47. The normalized spacial score (nSPS) is 18.7. The number of amides is 1. The van der Waals surface area contributed by atoms with Crippen molar-refractivity contribution in [3.63, 3.8) is 0 Å². The molecule has 2 aromatic carbocycles. The summed E-state index contributed by atoms with van der Waals surface area (Å²) in [5.41, 5.74) is 1.91. The van der Waals surface area contributed by atoms with Crippen LogP contribution in [-0.2, 0) is 0 Å². The van der Waals surface area contributed by atoms with Gasteiger partial charge in [0.2, 0.25) is 12.2 Å². The van der Waals surface area contributed by atoms with Gasteiger partial charge in [0.05, 0.1) is 0 Å². The molecule has 0 spiro atoms. The van der Waals surface area contributed by atoms with Crippen molar-refractivity contribution >= 4 is 18.3 Å². The van der Waals surface area contributed by atoms with E-state index in [0.29, 0.717) is 29.9 Å². The molecule has 1 amide bonds. The highest BCUT2D eigenvalue weighted by Gasteiger charge is 2.28. The van der Waals surface area contributed by atoms with Gasteiger partial charge in [-0.05, 0) is 42.8 Å². The lowest BCUT2D eigenvalue weighted by atomic mass is 9.85. The smallest absolute Gasteiger partial charge is 0.251 e. The number of carbonyl (C=O) groups is 1. The van der Waals surface area contributed by atoms with E-state index < -0.39 is 11.6 Å². The molecular formula is C20H19ClF2N4O2. The standard InChI is InChI=1S/C20H18F2N4O2.ClH/c21-16-6-5-14(9-17(16)22)15-7-8-23-10-18(15)25-20(27)13-3-1-12(2-4-13)19-24-11-28-26-19;/h1-6,9,11,15,18,23H,7-8,10H2,(H,25,27);1H. The van der Waals surface area contributed by atoms with Crippen LogP contribution in [0.4, 0.5) is 8.78 Å². The molecule has 1 saturated heterocycles. The molecule has 6 nitrogen and oxygen atoms in total. The van der Waals surface area contributed by atoms with Crippen molar-refractivity contribution < 1.29 is 18.1 Å². The van der Waals surface area contributed by atoms with Gasteiger partial charge in [-0.3, -0.25) is 4.79 Å². The zero-order valence-corrected chi connectivity index (χ0v) is 16.1. The fourth-order valence-corrected chi connectivity index (χ4v) is 3.47. The summed E-state index contributed by atoms with van der Waals surface area (Å²) in [5, 5.41) is 10.00. The molecule has 4 rings (SSSR count). The molecule has 1 aromatic heterocycles. The van der Waals surface area contributed by atoms with Crippen LogP contribution in [0.5, 0.6) is 0 Å². The predicted molar refractivity (Wildman–Crippen MR) is 105 cm³/mol. The number of nitrogens with one attached hydrogen (secondary N) is 2. The Kier molecular flexibility index (Phi) is 6.56. The summed E-state index contributed by atoms with van der Waals surface area (Å²) in [6, 6.07) is 10.5. The molecule has 152 valence electrons. The summed E-state index contributed by atoms with van der Waals surface area (Å²) in [6.45, 7) is 1.30. The molecule has 1 aliphatic heterocycles. The number of piperidine rings is 1. The topological polar surface area (TPSA) is 80.0 Å². The second-order valence-electron chi connectivity index (χ2n) is 6.68. The van der Waals surface area contributed by atoms with E-state index in [4.69, 9.17) is 4.52 Å². The Hall–Kier alpha value is -2.84. The Morgan fingerprint density at radius 1 is 1.14 bits per heavy atom. The predicted octanol–water partition coefficient (Wildman–Crippen LogP) is 3.31. The average molecular weight is 421 g/mol. The second kappa shape index (κ2) is 9.11. The van der Waals surface area contributed by atoms with Crippen molar-refractivity contribution in [3.05, 3.63) is 71.6 Å². The van der Waals surface area contributed by atoms with Gasteiger partial charge in [-0.15, -0.1) is 12.4 Å². The summed E-state index contributed by atoms with van der Waals surface area (Å²) in [6.07, 6.45) is 1.96. The summed E-state index contributed by atoms with van der Waals surface area (Å²) in [4.78, 5) is 16.7. The molecule has 2 heterocycles. The molecule has 0 aliphatic carbocycles. The third-order valence-corrected chi connectivity index (χ3v) is 4.94. The maximum absolute atomic E-state index is 13.6. The van der Waals surface area contributed by atoms with Crippen molar-refractivity contribution in [1.82, 2.24) is 20.8 Å². The van der Waals surface area contributed by atoms with Crippen molar-refractivity contribution in [2.24, 2.45) is 0 Å². The van der Waals surface area contributed by atoms with Gasteiger partial charge in [0.15, 0.2) is 11.6 Å². The minimum atomic E-state index is -0.877. The number of hydrogen-bond donors (Lipinski definition) is 2. The first-order chi connectivity index (χ1) is 13.6. The summed E-state index contributed by atoms with van der Waals surface area (Å²) >= 11 is 0. The van der Waals surface area contributed by atoms with Crippen LogP contribution in [0, 0.1) is 11.6 Å². The number of rotatable bonds is 4. The minimum Gasteiger partial charge on any atom is -0.347 e. The minimum absolute atomic E-state index is 0. The number of nitrogens with zero attached hydrogens (tertiary/aromatic N) is 2. The third-order valence-electron chi connectivity index (χ3n) is 4.94. The molecule has 0 saturated carbocycles. The van der Waals surface area contributed by atoms with Gasteiger partial charge in [0, 0.05) is 29.6 Å². The van der Waals surface area contributed by atoms with E-state index in [0.717, 1.165) is 18.2 Å². The Morgan fingerprint density at radius 2 is 1.93 bits per heavy atom. The van der Waals surface area contributed by atoms with Gasteiger partial charge in [-0.25, -0.2) is 8.78 Å². The van der Waals surface area contributed by atoms with E-state index in [-0.39, 0.29) is 30.3 Å². The third kappa shape index (κ3) is 4.60. The SMILES string of the molecule is Cl.O=C(NC1CNCCC1c1ccc(F)c(F)c1)c1ccc(-c2ncon2)cc1. The molecular weight excluding hydrogens is 402 g/mol. The fraction of sp³-hybridized carbons (Fsp3) is 0.250. The van der Waals surface area contributed by atoms with Crippen LogP contribution < -0.4 is 10.6 Å². The van der Waals surface area contributed by atoms with Gasteiger partial charge < -0.3 is 15.2 Å². The Balaban J connectivity index is 0.00000240. The lowest BCUT2D eigenvalue weighted by molar-refractivity contribution is 0.0924. The number of benzene rings is 2. The first-order valence-electron chi connectivity index (χ1n) is 8.95. The van der Waals surface area contributed by atoms with E-state index in [1.165, 1.54) is 12.5 Å². The lowest BCUT2D eigenvalue weighted by Gasteiger charge is -2.33. The molecule has 1 fully saturated rings. The van der Waals surface area contributed by atoms with Crippen LogP contribution in [0.15, 0.2) is 53.4 Å². The second-order valence-corrected chi connectivity index (χ2v) is 6.68.